The largest absolute Gasteiger partial charge is 0.454 e. The van der Waals surface area contributed by atoms with Gasteiger partial charge in [0, 0.05) is 17.7 Å². The first kappa shape index (κ1) is 15.2. The first-order valence-corrected chi connectivity index (χ1v) is 7.29. The Morgan fingerprint density at radius 1 is 1.13 bits per heavy atom. The molecule has 0 N–H and O–H groups in total. The number of hydrogen-bond acceptors (Lipinski definition) is 4. The molecule has 0 fully saturated rings. The number of Topliss-reactive ketones (excluding diaryl/α,β-unsaturated/α-hetero) is 1. The molecule has 3 rings (SSSR count). The van der Waals surface area contributed by atoms with Gasteiger partial charge in [-0.05, 0) is 48.9 Å². The van der Waals surface area contributed by atoms with E-state index in [1.165, 1.54) is 24.3 Å². The molecule has 0 unspecified atom stereocenters. The van der Waals surface area contributed by atoms with E-state index >= 15 is 0 Å². The van der Waals surface area contributed by atoms with Crippen LogP contribution in [0.3, 0.4) is 0 Å². The summed E-state index contributed by atoms with van der Waals surface area (Å²) in [6.45, 7) is 2.53. The summed E-state index contributed by atoms with van der Waals surface area (Å²) < 4.78 is 23.4. The van der Waals surface area contributed by atoms with Crippen LogP contribution in [0.4, 0.5) is 4.39 Å². The van der Waals surface area contributed by atoms with E-state index in [0.717, 1.165) is 22.8 Å². The number of ether oxygens (including phenoxy) is 2. The molecule has 0 amide bonds. The van der Waals surface area contributed by atoms with Crippen molar-refractivity contribution in [2.45, 2.75) is 19.9 Å². The Morgan fingerprint density at radius 3 is 2.65 bits per heavy atom. The summed E-state index contributed by atoms with van der Waals surface area (Å²) in [5.74, 6) is 1.03. The molecule has 1 heterocycles. The van der Waals surface area contributed by atoms with Crippen LogP contribution in [0.15, 0.2) is 47.5 Å². The van der Waals surface area contributed by atoms with Gasteiger partial charge in [0.05, 0.1) is 6.54 Å². The zero-order chi connectivity index (χ0) is 16.2. The standard InChI is InChI=1S/C18H16FNO3/c1-12(8-16(21)14-3-5-15(19)6-4-14)20-10-13-2-7-17-18(9-13)23-11-22-17/h2-7,9H,8,10-11H2,1H3. The van der Waals surface area contributed by atoms with Crippen LogP contribution in [0, 0.1) is 5.82 Å². The number of hydrogen-bond donors (Lipinski definition) is 0. The fourth-order valence-corrected chi connectivity index (χ4v) is 2.29. The fraction of sp³-hybridized carbons (Fsp3) is 0.222. The Bertz CT molecular complexity index is 753. The fourth-order valence-electron chi connectivity index (χ4n) is 2.29. The Hall–Kier alpha value is -2.69. The van der Waals surface area contributed by atoms with Gasteiger partial charge in [-0.25, -0.2) is 4.39 Å². The van der Waals surface area contributed by atoms with Gasteiger partial charge >= 0.3 is 0 Å². The minimum Gasteiger partial charge on any atom is -0.454 e. The van der Waals surface area contributed by atoms with E-state index in [4.69, 9.17) is 9.47 Å². The lowest BCUT2D eigenvalue weighted by Crippen LogP contribution is -2.05. The predicted octanol–water partition coefficient (Wildman–Crippen LogP) is 3.79. The van der Waals surface area contributed by atoms with E-state index in [0.29, 0.717) is 12.1 Å². The summed E-state index contributed by atoms with van der Waals surface area (Å²) in [5.41, 5.74) is 2.21. The molecule has 2 aromatic carbocycles. The van der Waals surface area contributed by atoms with Crippen LogP contribution in [0.5, 0.6) is 11.5 Å². The molecule has 118 valence electrons. The van der Waals surface area contributed by atoms with Crippen LogP contribution in [-0.4, -0.2) is 18.3 Å². The highest BCUT2D eigenvalue weighted by Crippen LogP contribution is 2.32. The van der Waals surface area contributed by atoms with Gasteiger partial charge < -0.3 is 9.47 Å². The number of fused-ring (bicyclic) bond motifs is 1. The molecule has 1 aliphatic rings. The third-order valence-electron chi connectivity index (χ3n) is 3.55. The molecule has 23 heavy (non-hydrogen) atoms. The van der Waals surface area contributed by atoms with Gasteiger partial charge in [-0.1, -0.05) is 6.07 Å². The first-order chi connectivity index (χ1) is 11.1. The average Bonchev–Trinajstić information content (AvgIpc) is 3.01. The van der Waals surface area contributed by atoms with Crippen molar-refractivity contribution in [2.75, 3.05) is 6.79 Å². The lowest BCUT2D eigenvalue weighted by molar-refractivity contribution is 0.100. The number of carbonyl (C=O) groups excluding carboxylic acids is 1. The van der Waals surface area contributed by atoms with Crippen molar-refractivity contribution < 1.29 is 18.7 Å². The zero-order valence-corrected chi connectivity index (χ0v) is 12.7. The third kappa shape index (κ3) is 3.74. The summed E-state index contributed by atoms with van der Waals surface area (Å²) in [6.07, 6.45) is 0.218. The van der Waals surface area contributed by atoms with Crippen molar-refractivity contribution in [3.8, 4) is 11.5 Å². The molecule has 4 nitrogen and oxygen atoms in total. The Morgan fingerprint density at radius 2 is 1.87 bits per heavy atom. The molecule has 0 aromatic heterocycles. The first-order valence-electron chi connectivity index (χ1n) is 7.29. The highest BCUT2D eigenvalue weighted by atomic mass is 19.1. The van der Waals surface area contributed by atoms with E-state index in [9.17, 15) is 9.18 Å². The smallest absolute Gasteiger partial charge is 0.231 e. The zero-order valence-electron chi connectivity index (χ0n) is 12.7. The number of ketones is 1. The van der Waals surface area contributed by atoms with Gasteiger partial charge in [-0.2, -0.15) is 0 Å². The maximum Gasteiger partial charge on any atom is 0.231 e. The van der Waals surface area contributed by atoms with Gasteiger partial charge in [-0.15, -0.1) is 0 Å². The van der Waals surface area contributed by atoms with Gasteiger partial charge in [0.1, 0.15) is 5.82 Å². The third-order valence-corrected chi connectivity index (χ3v) is 3.55. The topological polar surface area (TPSA) is 47.9 Å². The monoisotopic (exact) mass is 313 g/mol. The van der Waals surface area contributed by atoms with Crippen LogP contribution < -0.4 is 9.47 Å². The predicted molar refractivity (Wildman–Crippen MR) is 84.7 cm³/mol. The minimum absolute atomic E-state index is 0.0723. The number of nitrogens with zero attached hydrogens (tertiary/aromatic N) is 1. The maximum atomic E-state index is 12.9. The second-order valence-corrected chi connectivity index (χ2v) is 5.35. The lowest BCUT2D eigenvalue weighted by Gasteiger charge is -2.03. The van der Waals surface area contributed by atoms with Crippen LogP contribution >= 0.6 is 0 Å². The Labute approximate surface area is 133 Å². The van der Waals surface area contributed by atoms with E-state index < -0.39 is 0 Å². The molecule has 0 atom stereocenters. The molecule has 0 bridgehead atoms. The van der Waals surface area contributed by atoms with Gasteiger partial charge in [0.15, 0.2) is 17.3 Å². The molecule has 0 aliphatic carbocycles. The summed E-state index contributed by atoms with van der Waals surface area (Å²) in [7, 11) is 0. The molecular formula is C18H16FNO3. The highest BCUT2D eigenvalue weighted by Gasteiger charge is 2.13. The number of benzene rings is 2. The normalized spacial score (nSPS) is 13.2. The van der Waals surface area contributed by atoms with Crippen LogP contribution in [0.25, 0.3) is 0 Å². The molecule has 0 radical (unpaired) electrons. The molecule has 0 saturated carbocycles. The number of halogens is 1. The van der Waals surface area contributed by atoms with Crippen molar-refractivity contribution >= 4 is 11.5 Å². The van der Waals surface area contributed by atoms with E-state index in [-0.39, 0.29) is 24.8 Å². The minimum atomic E-state index is -0.352. The molecule has 2 aromatic rings. The van der Waals surface area contributed by atoms with Crippen LogP contribution in [0.1, 0.15) is 29.3 Å². The van der Waals surface area contributed by atoms with Gasteiger partial charge in [-0.3, -0.25) is 9.79 Å². The summed E-state index contributed by atoms with van der Waals surface area (Å²) in [6, 6.07) is 11.2. The Kier molecular flexibility index (Phi) is 4.37. The van der Waals surface area contributed by atoms with Crippen molar-refractivity contribution in [2.24, 2.45) is 4.99 Å². The van der Waals surface area contributed by atoms with Crippen molar-refractivity contribution in [1.29, 1.82) is 0 Å². The second kappa shape index (κ2) is 6.60. The second-order valence-electron chi connectivity index (χ2n) is 5.35. The van der Waals surface area contributed by atoms with Crippen molar-refractivity contribution in [1.82, 2.24) is 0 Å². The summed E-state index contributed by atoms with van der Waals surface area (Å²) >= 11 is 0. The summed E-state index contributed by atoms with van der Waals surface area (Å²) in [4.78, 5) is 16.5. The number of aliphatic imine (C=N–C) groups is 1. The Balaban J connectivity index is 1.61. The van der Waals surface area contributed by atoms with E-state index in [2.05, 4.69) is 4.99 Å². The molecule has 0 spiro atoms. The van der Waals surface area contributed by atoms with Crippen LogP contribution in [0.2, 0.25) is 0 Å². The molecule has 0 saturated heterocycles. The lowest BCUT2D eigenvalue weighted by atomic mass is 10.1. The van der Waals surface area contributed by atoms with E-state index in [1.807, 2.05) is 25.1 Å². The number of rotatable bonds is 5. The van der Waals surface area contributed by atoms with Crippen LogP contribution in [-0.2, 0) is 6.54 Å². The van der Waals surface area contributed by atoms with Gasteiger partial charge in [0.25, 0.3) is 0 Å². The number of carbonyl (C=O) groups is 1. The van der Waals surface area contributed by atoms with Gasteiger partial charge in [0.2, 0.25) is 6.79 Å². The highest BCUT2D eigenvalue weighted by molar-refractivity contribution is 6.08. The maximum absolute atomic E-state index is 12.9. The average molecular weight is 313 g/mol. The molecule has 1 aliphatic heterocycles. The van der Waals surface area contributed by atoms with E-state index in [1.54, 1.807) is 0 Å². The quantitative estimate of drug-likeness (QED) is 0.623. The molecular weight excluding hydrogens is 297 g/mol. The molecule has 5 heteroatoms. The van der Waals surface area contributed by atoms with Crippen molar-refractivity contribution in [3.63, 3.8) is 0 Å². The SMILES string of the molecule is CC(CC(=O)c1ccc(F)cc1)=NCc1ccc2c(c1)OCO2. The van der Waals surface area contributed by atoms with Crippen molar-refractivity contribution in [3.05, 3.63) is 59.4 Å². The summed E-state index contributed by atoms with van der Waals surface area (Å²) in [5, 5.41) is 0.